The number of aryl methyl sites for hydroxylation is 1. The lowest BCUT2D eigenvalue weighted by Gasteiger charge is -2.32. The number of imide groups is 1. The second-order valence-corrected chi connectivity index (χ2v) is 5.60. The van der Waals surface area contributed by atoms with Gasteiger partial charge in [0.1, 0.15) is 11.8 Å². The van der Waals surface area contributed by atoms with Crippen LogP contribution in [0, 0.1) is 12.3 Å². The van der Waals surface area contributed by atoms with E-state index in [4.69, 9.17) is 5.41 Å². The van der Waals surface area contributed by atoms with Crippen LogP contribution in [0.25, 0.3) is 0 Å². The topological polar surface area (TPSA) is 73.3 Å². The zero-order chi connectivity index (χ0) is 16.4. The van der Waals surface area contributed by atoms with Gasteiger partial charge in [-0.2, -0.15) is 0 Å². The summed E-state index contributed by atoms with van der Waals surface area (Å²) in [5.74, 6) is -1.21. The average Bonchev–Trinajstić information content (AvgIpc) is 2.54. The van der Waals surface area contributed by atoms with Crippen LogP contribution in [0.2, 0.25) is 0 Å². The van der Waals surface area contributed by atoms with Gasteiger partial charge in [-0.15, -0.1) is 0 Å². The van der Waals surface area contributed by atoms with Crippen molar-refractivity contribution in [3.63, 3.8) is 0 Å². The standard InChI is InChI=1S/C18H17N3O2/c1-12-7-9-14(10-8-12)15-16(19)21(18(23)20-17(15)22)11-13-5-3-2-4-6-13/h2-10,15,19H,11H2,1H3,(H,20,22,23). The number of hydrogen-bond acceptors (Lipinski definition) is 3. The molecule has 23 heavy (non-hydrogen) atoms. The third-order valence-electron chi connectivity index (χ3n) is 3.90. The van der Waals surface area contributed by atoms with Crippen LogP contribution in [0.1, 0.15) is 22.6 Å². The van der Waals surface area contributed by atoms with Crippen molar-refractivity contribution < 1.29 is 9.59 Å². The summed E-state index contributed by atoms with van der Waals surface area (Å²) in [6.07, 6.45) is 0. The molecule has 2 aromatic rings. The molecule has 3 amide bonds. The van der Waals surface area contributed by atoms with E-state index >= 15 is 0 Å². The molecule has 0 aromatic heterocycles. The average molecular weight is 307 g/mol. The summed E-state index contributed by atoms with van der Waals surface area (Å²) in [6.45, 7) is 2.22. The summed E-state index contributed by atoms with van der Waals surface area (Å²) in [6, 6.07) is 16.3. The van der Waals surface area contributed by atoms with Gasteiger partial charge in [0, 0.05) is 0 Å². The smallest absolute Gasteiger partial charge is 0.287 e. The summed E-state index contributed by atoms with van der Waals surface area (Å²) in [5.41, 5.74) is 2.70. The number of carbonyl (C=O) groups is 2. The zero-order valence-corrected chi connectivity index (χ0v) is 12.7. The molecule has 1 aliphatic heterocycles. The van der Waals surface area contributed by atoms with Crippen LogP contribution in [-0.2, 0) is 11.3 Å². The monoisotopic (exact) mass is 307 g/mol. The first-order valence-electron chi connectivity index (χ1n) is 7.37. The summed E-state index contributed by atoms with van der Waals surface area (Å²) in [5, 5.41) is 10.7. The van der Waals surface area contributed by atoms with Gasteiger partial charge in [0.25, 0.3) is 0 Å². The fourth-order valence-corrected chi connectivity index (χ4v) is 2.63. The van der Waals surface area contributed by atoms with Crippen molar-refractivity contribution in [2.75, 3.05) is 0 Å². The van der Waals surface area contributed by atoms with Crippen molar-refractivity contribution in [2.24, 2.45) is 0 Å². The highest BCUT2D eigenvalue weighted by Crippen LogP contribution is 2.24. The van der Waals surface area contributed by atoms with E-state index in [1.54, 1.807) is 0 Å². The van der Waals surface area contributed by atoms with E-state index in [0.717, 1.165) is 11.1 Å². The lowest BCUT2D eigenvalue weighted by atomic mass is 9.93. The van der Waals surface area contributed by atoms with Gasteiger partial charge in [-0.25, -0.2) is 4.79 Å². The fourth-order valence-electron chi connectivity index (χ4n) is 2.63. The van der Waals surface area contributed by atoms with Gasteiger partial charge in [0.15, 0.2) is 0 Å². The van der Waals surface area contributed by atoms with E-state index in [2.05, 4.69) is 5.32 Å². The summed E-state index contributed by atoms with van der Waals surface area (Å²) >= 11 is 0. The van der Waals surface area contributed by atoms with E-state index in [1.807, 2.05) is 61.5 Å². The van der Waals surface area contributed by atoms with Gasteiger partial charge in [-0.1, -0.05) is 60.2 Å². The Hall–Kier alpha value is -2.95. The van der Waals surface area contributed by atoms with Gasteiger partial charge < -0.3 is 0 Å². The predicted molar refractivity (Wildman–Crippen MR) is 87.2 cm³/mol. The van der Waals surface area contributed by atoms with Crippen LogP contribution >= 0.6 is 0 Å². The maximum atomic E-state index is 12.2. The van der Waals surface area contributed by atoms with Crippen LogP contribution < -0.4 is 5.32 Å². The maximum absolute atomic E-state index is 12.2. The first kappa shape index (κ1) is 15.0. The third kappa shape index (κ3) is 2.99. The molecule has 2 aromatic carbocycles. The van der Waals surface area contributed by atoms with E-state index in [9.17, 15) is 9.59 Å². The molecule has 0 saturated carbocycles. The highest BCUT2D eigenvalue weighted by molar-refractivity contribution is 6.20. The normalized spacial score (nSPS) is 18.0. The summed E-state index contributed by atoms with van der Waals surface area (Å²) in [7, 11) is 0. The summed E-state index contributed by atoms with van der Waals surface area (Å²) < 4.78 is 0. The second-order valence-electron chi connectivity index (χ2n) is 5.60. The fraction of sp³-hybridized carbons (Fsp3) is 0.167. The minimum Gasteiger partial charge on any atom is -0.287 e. The number of amidine groups is 1. The van der Waals surface area contributed by atoms with Crippen LogP contribution in [0.4, 0.5) is 4.79 Å². The Bertz CT molecular complexity index is 754. The van der Waals surface area contributed by atoms with E-state index < -0.39 is 17.9 Å². The number of urea groups is 1. The minimum absolute atomic E-state index is 0.00598. The second kappa shape index (κ2) is 6.04. The molecule has 5 nitrogen and oxygen atoms in total. The lowest BCUT2D eigenvalue weighted by molar-refractivity contribution is -0.120. The Kier molecular flexibility index (Phi) is 3.93. The summed E-state index contributed by atoms with van der Waals surface area (Å²) in [4.78, 5) is 25.6. The molecule has 3 rings (SSSR count). The lowest BCUT2D eigenvalue weighted by Crippen LogP contribution is -2.56. The Balaban J connectivity index is 1.89. The van der Waals surface area contributed by atoms with Crippen LogP contribution in [0.15, 0.2) is 54.6 Å². The minimum atomic E-state index is -0.767. The number of carbonyl (C=O) groups excluding carboxylic acids is 2. The maximum Gasteiger partial charge on any atom is 0.329 e. The van der Waals surface area contributed by atoms with Crippen LogP contribution in [0.3, 0.4) is 0 Å². The number of hydrogen-bond donors (Lipinski definition) is 2. The quantitative estimate of drug-likeness (QED) is 0.915. The molecule has 1 unspecified atom stereocenters. The Morgan fingerprint density at radius 2 is 1.70 bits per heavy atom. The molecule has 0 bridgehead atoms. The third-order valence-corrected chi connectivity index (χ3v) is 3.90. The molecule has 1 atom stereocenters. The van der Waals surface area contributed by atoms with Gasteiger partial charge in [0.05, 0.1) is 6.54 Å². The number of amides is 3. The molecule has 116 valence electrons. The molecule has 2 N–H and O–H groups in total. The Morgan fingerprint density at radius 3 is 2.35 bits per heavy atom. The molecule has 5 heteroatoms. The molecule has 0 aliphatic carbocycles. The molecule has 0 spiro atoms. The van der Waals surface area contributed by atoms with Crippen molar-refractivity contribution in [3.05, 3.63) is 71.3 Å². The molecule has 0 radical (unpaired) electrons. The van der Waals surface area contributed by atoms with Crippen molar-refractivity contribution in [3.8, 4) is 0 Å². The van der Waals surface area contributed by atoms with Crippen LogP contribution in [0.5, 0.6) is 0 Å². The van der Waals surface area contributed by atoms with Crippen molar-refractivity contribution >= 4 is 17.8 Å². The molecule has 1 fully saturated rings. The van der Waals surface area contributed by atoms with E-state index in [1.165, 1.54) is 4.90 Å². The van der Waals surface area contributed by atoms with E-state index in [0.29, 0.717) is 5.56 Å². The number of nitrogens with zero attached hydrogens (tertiary/aromatic N) is 1. The molecule has 1 aliphatic rings. The molecule has 1 saturated heterocycles. The van der Waals surface area contributed by atoms with Crippen molar-refractivity contribution in [1.82, 2.24) is 10.2 Å². The predicted octanol–water partition coefficient (Wildman–Crippen LogP) is 2.81. The molecular formula is C18H17N3O2. The number of benzene rings is 2. The number of rotatable bonds is 3. The Labute approximate surface area is 134 Å². The van der Waals surface area contributed by atoms with Crippen LogP contribution in [-0.4, -0.2) is 22.7 Å². The van der Waals surface area contributed by atoms with Gasteiger partial charge in [0.2, 0.25) is 5.91 Å². The van der Waals surface area contributed by atoms with Crippen molar-refractivity contribution in [2.45, 2.75) is 19.4 Å². The van der Waals surface area contributed by atoms with Crippen molar-refractivity contribution in [1.29, 1.82) is 5.41 Å². The van der Waals surface area contributed by atoms with Gasteiger partial charge in [-0.3, -0.25) is 20.4 Å². The zero-order valence-electron chi connectivity index (χ0n) is 12.7. The first-order valence-corrected chi connectivity index (χ1v) is 7.37. The van der Waals surface area contributed by atoms with Gasteiger partial charge >= 0.3 is 6.03 Å². The number of nitrogens with one attached hydrogen (secondary N) is 2. The van der Waals surface area contributed by atoms with E-state index in [-0.39, 0.29) is 12.4 Å². The SMILES string of the molecule is Cc1ccc(C2C(=N)N(Cc3ccccc3)C(=O)NC2=O)cc1. The van der Waals surface area contributed by atoms with Gasteiger partial charge in [-0.05, 0) is 18.1 Å². The largest absolute Gasteiger partial charge is 0.329 e. The molecule has 1 heterocycles. The highest BCUT2D eigenvalue weighted by Gasteiger charge is 2.38. The molecular weight excluding hydrogens is 290 g/mol. The highest BCUT2D eigenvalue weighted by atomic mass is 16.2. The Morgan fingerprint density at radius 1 is 1.04 bits per heavy atom. The first-order chi connectivity index (χ1) is 11.1.